The van der Waals surface area contributed by atoms with Gasteiger partial charge in [-0.25, -0.2) is 3.63 Å². The van der Waals surface area contributed by atoms with Crippen LogP contribution >= 0.6 is 10.3 Å². The second-order valence-corrected chi connectivity index (χ2v) is 25.7. The van der Waals surface area contributed by atoms with Gasteiger partial charge in [0.1, 0.15) is 11.5 Å². The smallest absolute Gasteiger partial charge is 0.307 e. The molecule has 0 spiro atoms. The van der Waals surface area contributed by atoms with Gasteiger partial charge in [-0.05, 0) is 114 Å². The Morgan fingerprint density at radius 1 is 0.500 bits per heavy atom. The van der Waals surface area contributed by atoms with Crippen molar-refractivity contribution in [2.24, 2.45) is 0 Å². The van der Waals surface area contributed by atoms with E-state index < -0.39 is 37.1 Å². The molecule has 5 nitrogen and oxygen atoms in total. The van der Waals surface area contributed by atoms with E-state index in [1.807, 2.05) is 85.8 Å². The normalized spacial score (nSPS) is 12.9. The molecule has 4 aromatic rings. The summed E-state index contributed by atoms with van der Waals surface area (Å²) < 4.78 is 49.1. The number of aryl methyl sites for hydroxylation is 1. The van der Waals surface area contributed by atoms with E-state index in [1.165, 1.54) is 0 Å². The number of benzene rings is 4. The van der Waals surface area contributed by atoms with E-state index in [4.69, 9.17) is 12.5 Å². The van der Waals surface area contributed by atoms with Crippen molar-refractivity contribution in [3.8, 4) is 11.5 Å². The highest BCUT2D eigenvalue weighted by atomic mass is 32.3. The van der Waals surface area contributed by atoms with Crippen LogP contribution < -0.4 is 8.85 Å². The molecule has 46 heavy (non-hydrogen) atoms. The Morgan fingerprint density at radius 2 is 0.913 bits per heavy atom. The first kappa shape index (κ1) is 36.0. The van der Waals surface area contributed by atoms with Crippen LogP contribution in [0.3, 0.4) is 0 Å². The number of rotatable bonds is 16. The highest BCUT2D eigenvalue weighted by molar-refractivity contribution is 8.33. The standard InChI is InChI=1S/C37H50O5S2Si2/c1-8-45(9-2,10-3)40-32-19-17-23-36(29-32)43(34-21-15-14-16-22-34,42-44(38,39)35-27-25-31(7)26-28-35)37-24-18-20-33(30-37)41-46(11-4,12-5)13-6/h14-30H,8-13H2,1-7H3. The van der Waals surface area contributed by atoms with Crippen molar-refractivity contribution >= 4 is 37.1 Å². The molecule has 0 aliphatic rings. The Labute approximate surface area is 281 Å². The Hall–Kier alpha value is -2.83. The van der Waals surface area contributed by atoms with Crippen LogP contribution in [0.15, 0.2) is 123 Å². The monoisotopic (exact) mass is 694 g/mol. The maximum Gasteiger partial charge on any atom is 0.307 e. The molecule has 0 amide bonds. The summed E-state index contributed by atoms with van der Waals surface area (Å²) in [7, 11) is -11.1. The second kappa shape index (κ2) is 15.4. The maximum atomic E-state index is 14.3. The molecule has 9 heteroatoms. The van der Waals surface area contributed by atoms with E-state index in [2.05, 4.69) is 41.5 Å². The van der Waals surface area contributed by atoms with Crippen molar-refractivity contribution in [1.29, 1.82) is 0 Å². The average molecular weight is 695 g/mol. The molecule has 4 rings (SSSR count). The van der Waals surface area contributed by atoms with Gasteiger partial charge in [-0.1, -0.05) is 89.6 Å². The van der Waals surface area contributed by atoms with Crippen LogP contribution in [-0.2, 0) is 13.7 Å². The lowest BCUT2D eigenvalue weighted by atomic mass is 10.2. The van der Waals surface area contributed by atoms with Crippen LogP contribution in [0.25, 0.3) is 0 Å². The lowest BCUT2D eigenvalue weighted by Crippen LogP contribution is -2.39. The van der Waals surface area contributed by atoms with Gasteiger partial charge in [-0.15, -0.1) is 0 Å². The van der Waals surface area contributed by atoms with E-state index in [9.17, 15) is 8.42 Å². The minimum absolute atomic E-state index is 0.120. The third-order valence-corrected chi connectivity index (χ3v) is 23.6. The number of hydrogen-bond acceptors (Lipinski definition) is 5. The Balaban J connectivity index is 2.02. The van der Waals surface area contributed by atoms with Crippen molar-refractivity contribution in [3.05, 3.63) is 109 Å². The lowest BCUT2D eigenvalue weighted by molar-refractivity contribution is 0.505. The van der Waals surface area contributed by atoms with Crippen molar-refractivity contribution in [2.45, 2.75) is 104 Å². The zero-order valence-electron chi connectivity index (χ0n) is 28.4. The summed E-state index contributed by atoms with van der Waals surface area (Å²) >= 11 is 0. The highest BCUT2D eigenvalue weighted by Crippen LogP contribution is 2.71. The van der Waals surface area contributed by atoms with Crippen LogP contribution in [0.5, 0.6) is 11.5 Å². The Bertz CT molecular complexity index is 1590. The molecule has 0 unspecified atom stereocenters. The summed E-state index contributed by atoms with van der Waals surface area (Å²) in [6, 6.07) is 38.4. The summed E-state index contributed by atoms with van der Waals surface area (Å²) in [5, 5.41) is 0. The summed E-state index contributed by atoms with van der Waals surface area (Å²) in [5.74, 6) is 1.50. The van der Waals surface area contributed by atoms with E-state index >= 15 is 0 Å². The van der Waals surface area contributed by atoms with Crippen molar-refractivity contribution in [3.63, 3.8) is 0 Å². The fourth-order valence-corrected chi connectivity index (χ4v) is 16.3. The van der Waals surface area contributed by atoms with E-state index in [0.717, 1.165) is 68.0 Å². The minimum Gasteiger partial charge on any atom is -0.543 e. The predicted molar refractivity (Wildman–Crippen MR) is 197 cm³/mol. The molecule has 0 radical (unpaired) electrons. The van der Waals surface area contributed by atoms with Crippen LogP contribution in [0.4, 0.5) is 0 Å². The predicted octanol–water partition coefficient (Wildman–Crippen LogP) is 11.4. The molecule has 0 heterocycles. The second-order valence-electron chi connectivity index (χ2n) is 11.8. The van der Waals surface area contributed by atoms with Gasteiger partial charge < -0.3 is 8.85 Å². The molecular formula is C37H50O5S2Si2. The van der Waals surface area contributed by atoms with Crippen molar-refractivity contribution < 1.29 is 20.9 Å². The lowest BCUT2D eigenvalue weighted by Gasteiger charge is -2.40. The molecule has 0 saturated heterocycles. The maximum absolute atomic E-state index is 14.3. The Kier molecular flexibility index (Phi) is 12.0. The quantitative estimate of drug-likeness (QED) is 0.109. The summed E-state index contributed by atoms with van der Waals surface area (Å²) in [5.41, 5.74) is 0.973. The van der Waals surface area contributed by atoms with Gasteiger partial charge in [0.05, 0.1) is 4.90 Å². The van der Waals surface area contributed by atoms with Gasteiger partial charge in [-0.3, -0.25) is 0 Å². The minimum atomic E-state index is -4.23. The molecule has 0 aliphatic heterocycles. The first-order chi connectivity index (χ1) is 22.0. The van der Waals surface area contributed by atoms with Gasteiger partial charge in [0, 0.05) is 14.7 Å². The Morgan fingerprint density at radius 3 is 1.33 bits per heavy atom. The van der Waals surface area contributed by atoms with E-state index in [1.54, 1.807) is 24.3 Å². The molecule has 248 valence electrons. The molecule has 0 fully saturated rings. The third kappa shape index (κ3) is 7.65. The van der Waals surface area contributed by atoms with Crippen LogP contribution in [0.1, 0.15) is 47.1 Å². The zero-order chi connectivity index (χ0) is 33.4. The largest absolute Gasteiger partial charge is 0.543 e. The van der Waals surface area contributed by atoms with Gasteiger partial charge in [-0.2, -0.15) is 8.42 Å². The summed E-state index contributed by atoms with van der Waals surface area (Å²) in [6.45, 7) is 15.2. The van der Waals surface area contributed by atoms with E-state index in [-0.39, 0.29) is 4.90 Å². The van der Waals surface area contributed by atoms with Crippen molar-refractivity contribution in [1.82, 2.24) is 0 Å². The van der Waals surface area contributed by atoms with Crippen LogP contribution in [-0.4, -0.2) is 25.1 Å². The molecular weight excluding hydrogens is 645 g/mol. The van der Waals surface area contributed by atoms with Gasteiger partial charge in [0.2, 0.25) is 16.6 Å². The van der Waals surface area contributed by atoms with Crippen LogP contribution in [0, 0.1) is 6.92 Å². The van der Waals surface area contributed by atoms with Gasteiger partial charge in [0.15, 0.2) is 0 Å². The first-order valence-corrected chi connectivity index (χ1v) is 24.6. The third-order valence-electron chi connectivity index (χ3n) is 9.39. The van der Waals surface area contributed by atoms with Crippen molar-refractivity contribution in [2.75, 3.05) is 0 Å². The summed E-state index contributed by atoms with van der Waals surface area (Å²) in [6.07, 6.45) is 0. The highest BCUT2D eigenvalue weighted by Gasteiger charge is 2.40. The molecule has 0 atom stereocenters. The number of hydrogen-bond donors (Lipinski definition) is 0. The van der Waals surface area contributed by atoms with Crippen LogP contribution in [0.2, 0.25) is 36.3 Å². The summed E-state index contributed by atoms with van der Waals surface area (Å²) in [4.78, 5) is 2.39. The molecule has 0 saturated carbocycles. The molecule has 0 bridgehead atoms. The molecule has 4 aromatic carbocycles. The molecule has 0 aromatic heterocycles. The zero-order valence-corrected chi connectivity index (χ0v) is 32.0. The fourth-order valence-electron chi connectivity index (χ4n) is 5.88. The van der Waals surface area contributed by atoms with Gasteiger partial charge in [0.25, 0.3) is 0 Å². The fraction of sp³-hybridized carbons (Fsp3) is 0.351. The SMILES string of the molecule is CC[Si](CC)(CC)Oc1cccc(S(OS(=O)(=O)c2ccc(C)cc2)(c2ccccc2)c2cccc(O[Si](CC)(CC)CC)c2)c1. The molecule has 0 N–H and O–H groups in total. The van der Waals surface area contributed by atoms with E-state index in [0.29, 0.717) is 0 Å². The molecule has 0 aliphatic carbocycles. The van der Waals surface area contributed by atoms with Gasteiger partial charge >= 0.3 is 10.1 Å². The average Bonchev–Trinajstić information content (AvgIpc) is 3.09. The topological polar surface area (TPSA) is 61.8 Å². The first-order valence-electron chi connectivity index (χ1n) is 16.5.